The van der Waals surface area contributed by atoms with Gasteiger partial charge in [0, 0.05) is 20.2 Å². The minimum absolute atomic E-state index is 0. The zero-order chi connectivity index (χ0) is 17.9. The average Bonchev–Trinajstić information content (AvgIpc) is 2.64. The molecule has 0 fully saturated rings. The zero-order valence-electron chi connectivity index (χ0n) is 14.7. The van der Waals surface area contributed by atoms with Crippen molar-refractivity contribution in [1.82, 2.24) is 10.6 Å². The van der Waals surface area contributed by atoms with Crippen molar-refractivity contribution in [3.8, 4) is 0 Å². The average molecular weight is 378 g/mol. The number of ether oxygens (including phenoxy) is 1. The number of carbonyl (C=O) groups is 2. The number of amides is 2. The molecule has 0 saturated heterocycles. The van der Waals surface area contributed by atoms with Gasteiger partial charge >= 0.3 is 0 Å². The van der Waals surface area contributed by atoms with Crippen LogP contribution in [0.25, 0.3) is 0 Å². The Morgan fingerprint density at radius 1 is 1.00 bits per heavy atom. The summed E-state index contributed by atoms with van der Waals surface area (Å²) in [6.45, 7) is 1.71. The summed E-state index contributed by atoms with van der Waals surface area (Å²) in [5.41, 5.74) is 1.94. The van der Waals surface area contributed by atoms with Crippen LogP contribution in [0.5, 0.6) is 0 Å². The van der Waals surface area contributed by atoms with E-state index in [-0.39, 0.29) is 30.8 Å². The highest BCUT2D eigenvalue weighted by Crippen LogP contribution is 2.15. The highest BCUT2D eigenvalue weighted by atomic mass is 35.5. The van der Waals surface area contributed by atoms with Gasteiger partial charge in [-0.1, -0.05) is 42.5 Å². The summed E-state index contributed by atoms with van der Waals surface area (Å²) in [7, 11) is 1.60. The molecule has 0 saturated carbocycles. The molecule has 2 amide bonds. The maximum Gasteiger partial charge on any atom is 0.253 e. The van der Waals surface area contributed by atoms with E-state index in [0.717, 1.165) is 5.56 Å². The molecule has 26 heavy (non-hydrogen) atoms. The maximum absolute atomic E-state index is 12.4. The van der Waals surface area contributed by atoms with Gasteiger partial charge < -0.3 is 20.7 Å². The Balaban J connectivity index is 0.00000338. The molecule has 0 radical (unpaired) electrons. The van der Waals surface area contributed by atoms with E-state index in [1.165, 1.54) is 0 Å². The summed E-state index contributed by atoms with van der Waals surface area (Å²) in [5.74, 6) is -0.438. The van der Waals surface area contributed by atoms with Crippen LogP contribution < -0.4 is 16.0 Å². The van der Waals surface area contributed by atoms with Gasteiger partial charge in [-0.3, -0.25) is 9.59 Å². The number of para-hydroxylation sites is 1. The molecule has 0 atom stereocenters. The molecular weight excluding hydrogens is 354 g/mol. The van der Waals surface area contributed by atoms with Crippen molar-refractivity contribution in [3.63, 3.8) is 0 Å². The summed E-state index contributed by atoms with van der Waals surface area (Å²) >= 11 is 0. The fourth-order valence-electron chi connectivity index (χ4n) is 2.23. The molecule has 2 rings (SSSR count). The Morgan fingerprint density at radius 3 is 2.42 bits per heavy atom. The van der Waals surface area contributed by atoms with E-state index < -0.39 is 0 Å². The van der Waals surface area contributed by atoms with E-state index >= 15 is 0 Å². The molecule has 0 aliphatic carbocycles. The largest absolute Gasteiger partial charge is 0.383 e. The summed E-state index contributed by atoms with van der Waals surface area (Å²) in [4.78, 5) is 24.4. The van der Waals surface area contributed by atoms with Gasteiger partial charge in [-0.2, -0.15) is 0 Å². The first-order chi connectivity index (χ1) is 12.2. The van der Waals surface area contributed by atoms with Crippen LogP contribution in [0.4, 0.5) is 5.69 Å². The number of hydrogen-bond acceptors (Lipinski definition) is 4. The van der Waals surface area contributed by atoms with Crippen LogP contribution in [0.2, 0.25) is 0 Å². The van der Waals surface area contributed by atoms with Gasteiger partial charge in [-0.15, -0.1) is 12.4 Å². The Morgan fingerprint density at radius 2 is 1.69 bits per heavy atom. The lowest BCUT2D eigenvalue weighted by Gasteiger charge is -2.12. The topological polar surface area (TPSA) is 79.5 Å². The smallest absolute Gasteiger partial charge is 0.253 e. The van der Waals surface area contributed by atoms with Crippen LogP contribution in [0.1, 0.15) is 15.9 Å². The SMILES string of the molecule is COCCNCC(=O)Nc1ccccc1C(=O)NCc1ccccc1.Cl. The molecule has 6 nitrogen and oxygen atoms in total. The maximum atomic E-state index is 12.4. The number of nitrogens with one attached hydrogen (secondary N) is 3. The van der Waals surface area contributed by atoms with Gasteiger partial charge in [0.1, 0.15) is 0 Å². The summed E-state index contributed by atoms with van der Waals surface area (Å²) in [5, 5.41) is 8.59. The molecule has 0 spiro atoms. The van der Waals surface area contributed by atoms with Gasteiger partial charge in [0.05, 0.1) is 24.4 Å². The van der Waals surface area contributed by atoms with E-state index in [0.29, 0.717) is 30.9 Å². The Kier molecular flexibility index (Phi) is 10.0. The van der Waals surface area contributed by atoms with Crippen molar-refractivity contribution in [3.05, 3.63) is 65.7 Å². The van der Waals surface area contributed by atoms with Crippen molar-refractivity contribution in [1.29, 1.82) is 0 Å². The van der Waals surface area contributed by atoms with Crippen LogP contribution >= 0.6 is 12.4 Å². The molecule has 0 bridgehead atoms. The molecule has 2 aromatic carbocycles. The number of carbonyl (C=O) groups excluding carboxylic acids is 2. The molecule has 0 aliphatic heterocycles. The second-order valence-corrected chi connectivity index (χ2v) is 5.43. The predicted octanol–water partition coefficient (Wildman–Crippen LogP) is 2.21. The van der Waals surface area contributed by atoms with Crippen LogP contribution in [-0.2, 0) is 16.1 Å². The Hall–Kier alpha value is -2.41. The lowest BCUT2D eigenvalue weighted by Crippen LogP contribution is -2.31. The number of halogens is 1. The number of hydrogen-bond donors (Lipinski definition) is 3. The normalized spacial score (nSPS) is 9.88. The summed E-state index contributed by atoms with van der Waals surface area (Å²) < 4.78 is 4.91. The number of benzene rings is 2. The second-order valence-electron chi connectivity index (χ2n) is 5.43. The predicted molar refractivity (Wildman–Crippen MR) is 105 cm³/mol. The first-order valence-electron chi connectivity index (χ1n) is 8.11. The molecule has 0 unspecified atom stereocenters. The van der Waals surface area contributed by atoms with E-state index in [1.807, 2.05) is 30.3 Å². The van der Waals surface area contributed by atoms with Crippen LogP contribution in [0.15, 0.2) is 54.6 Å². The van der Waals surface area contributed by atoms with Gasteiger partial charge in [-0.05, 0) is 17.7 Å². The number of rotatable bonds is 9. The Labute approximate surface area is 159 Å². The third-order valence-corrected chi connectivity index (χ3v) is 3.51. The highest BCUT2D eigenvalue weighted by Gasteiger charge is 2.12. The molecule has 3 N–H and O–H groups in total. The fourth-order valence-corrected chi connectivity index (χ4v) is 2.23. The quantitative estimate of drug-likeness (QED) is 0.585. The van der Waals surface area contributed by atoms with Crippen LogP contribution in [0, 0.1) is 0 Å². The standard InChI is InChI=1S/C19H23N3O3.ClH/c1-25-12-11-20-14-18(23)22-17-10-6-5-9-16(17)19(24)21-13-15-7-3-2-4-8-15;/h2-10,20H,11-14H2,1H3,(H,21,24)(H,22,23);1H. The van der Waals surface area contributed by atoms with E-state index in [9.17, 15) is 9.59 Å². The molecule has 0 heterocycles. The number of anilines is 1. The monoisotopic (exact) mass is 377 g/mol. The lowest BCUT2D eigenvalue weighted by molar-refractivity contribution is -0.115. The minimum atomic E-state index is -0.230. The molecule has 140 valence electrons. The molecule has 7 heteroatoms. The third kappa shape index (κ3) is 7.23. The lowest BCUT2D eigenvalue weighted by atomic mass is 10.1. The summed E-state index contributed by atoms with van der Waals surface area (Å²) in [6.07, 6.45) is 0. The first-order valence-corrected chi connectivity index (χ1v) is 8.11. The first kappa shape index (κ1) is 21.6. The van der Waals surface area contributed by atoms with E-state index in [4.69, 9.17) is 4.74 Å². The van der Waals surface area contributed by atoms with E-state index in [2.05, 4.69) is 16.0 Å². The van der Waals surface area contributed by atoms with Gasteiger partial charge in [0.2, 0.25) is 5.91 Å². The van der Waals surface area contributed by atoms with Crippen molar-refractivity contribution in [2.75, 3.05) is 32.1 Å². The summed E-state index contributed by atoms with van der Waals surface area (Å²) in [6, 6.07) is 16.6. The van der Waals surface area contributed by atoms with Crippen LogP contribution in [0.3, 0.4) is 0 Å². The minimum Gasteiger partial charge on any atom is -0.383 e. The third-order valence-electron chi connectivity index (χ3n) is 3.51. The van der Waals surface area contributed by atoms with Crippen molar-refractivity contribution in [2.45, 2.75) is 6.54 Å². The molecule has 2 aromatic rings. The van der Waals surface area contributed by atoms with Gasteiger partial charge in [0.25, 0.3) is 5.91 Å². The van der Waals surface area contributed by atoms with E-state index in [1.54, 1.807) is 31.4 Å². The molecule has 0 aliphatic rings. The van der Waals surface area contributed by atoms with Gasteiger partial charge in [-0.25, -0.2) is 0 Å². The number of methoxy groups -OCH3 is 1. The molecular formula is C19H24ClN3O3. The second kappa shape index (κ2) is 12.0. The highest BCUT2D eigenvalue weighted by molar-refractivity contribution is 6.04. The molecule has 0 aromatic heterocycles. The van der Waals surface area contributed by atoms with Crippen LogP contribution in [-0.4, -0.2) is 38.6 Å². The fraction of sp³-hybridized carbons (Fsp3) is 0.263. The van der Waals surface area contributed by atoms with Crippen molar-refractivity contribution < 1.29 is 14.3 Å². The zero-order valence-corrected chi connectivity index (χ0v) is 15.5. The Bertz CT molecular complexity index is 695. The van der Waals surface area contributed by atoms with Crippen molar-refractivity contribution >= 4 is 29.9 Å². The van der Waals surface area contributed by atoms with Crippen molar-refractivity contribution in [2.24, 2.45) is 0 Å². The van der Waals surface area contributed by atoms with Gasteiger partial charge in [0.15, 0.2) is 0 Å².